The van der Waals surface area contributed by atoms with Gasteiger partial charge in [-0.05, 0) is 36.4 Å². The molecule has 2 aromatic heterocycles. The van der Waals surface area contributed by atoms with Crippen LogP contribution >= 0.6 is 11.3 Å². The second kappa shape index (κ2) is 7.88. The van der Waals surface area contributed by atoms with Crippen LogP contribution in [0.4, 0.5) is 11.4 Å². The van der Waals surface area contributed by atoms with Crippen LogP contribution in [0.15, 0.2) is 66.3 Å². The summed E-state index contributed by atoms with van der Waals surface area (Å²) in [6.45, 7) is 0.355. The fraction of sp³-hybridized carbons (Fsp3) is 0.174. The first-order chi connectivity index (χ1) is 15.1. The van der Waals surface area contributed by atoms with Crippen molar-refractivity contribution in [1.82, 2.24) is 9.38 Å². The maximum atomic E-state index is 12.9. The fourth-order valence-electron chi connectivity index (χ4n) is 3.76. The van der Waals surface area contributed by atoms with Gasteiger partial charge in [0, 0.05) is 47.7 Å². The smallest absolute Gasteiger partial charge is 0.229 e. The van der Waals surface area contributed by atoms with Gasteiger partial charge in [0.2, 0.25) is 11.8 Å². The number of amides is 2. The summed E-state index contributed by atoms with van der Waals surface area (Å²) >= 11 is 1.57. The average Bonchev–Trinajstić information content (AvgIpc) is 3.49. The molecule has 0 saturated carbocycles. The molecule has 5 rings (SSSR count). The van der Waals surface area contributed by atoms with Crippen LogP contribution in [0.2, 0.25) is 0 Å². The summed E-state index contributed by atoms with van der Waals surface area (Å²) in [7, 11) is 1.60. The third-order valence-electron chi connectivity index (χ3n) is 5.40. The Balaban J connectivity index is 1.29. The molecule has 0 radical (unpaired) electrons. The number of anilines is 2. The van der Waals surface area contributed by atoms with E-state index in [4.69, 9.17) is 4.74 Å². The third kappa shape index (κ3) is 3.77. The van der Waals surface area contributed by atoms with Crippen LogP contribution in [-0.4, -0.2) is 34.9 Å². The predicted molar refractivity (Wildman–Crippen MR) is 121 cm³/mol. The highest BCUT2D eigenvalue weighted by Gasteiger charge is 2.35. The van der Waals surface area contributed by atoms with Gasteiger partial charge in [-0.15, -0.1) is 11.3 Å². The molecule has 1 atom stereocenters. The average molecular weight is 433 g/mol. The molecule has 1 aliphatic rings. The lowest BCUT2D eigenvalue weighted by Gasteiger charge is -2.17. The maximum Gasteiger partial charge on any atom is 0.229 e. The van der Waals surface area contributed by atoms with E-state index in [9.17, 15) is 9.59 Å². The van der Waals surface area contributed by atoms with Crippen LogP contribution in [0.5, 0.6) is 5.75 Å². The van der Waals surface area contributed by atoms with Gasteiger partial charge in [-0.3, -0.25) is 14.0 Å². The zero-order valence-electron chi connectivity index (χ0n) is 16.8. The van der Waals surface area contributed by atoms with E-state index in [2.05, 4.69) is 10.3 Å². The minimum atomic E-state index is -0.406. The van der Waals surface area contributed by atoms with Crippen molar-refractivity contribution in [2.24, 2.45) is 5.92 Å². The molecule has 2 amide bonds. The summed E-state index contributed by atoms with van der Waals surface area (Å²) in [5.74, 6) is 0.0998. The number of carbonyl (C=O) groups is 2. The van der Waals surface area contributed by atoms with Gasteiger partial charge in [0.15, 0.2) is 4.96 Å². The minimum Gasteiger partial charge on any atom is -0.497 e. The monoisotopic (exact) mass is 432 g/mol. The van der Waals surface area contributed by atoms with Gasteiger partial charge in [0.05, 0.1) is 18.7 Å². The quantitative estimate of drug-likeness (QED) is 0.516. The Bertz CT molecular complexity index is 1230. The van der Waals surface area contributed by atoms with Gasteiger partial charge in [0.25, 0.3) is 0 Å². The number of rotatable bonds is 5. The molecule has 1 saturated heterocycles. The number of ether oxygens (including phenoxy) is 1. The maximum absolute atomic E-state index is 12.9. The number of hydrogen-bond donors (Lipinski definition) is 1. The number of nitrogens with one attached hydrogen (secondary N) is 1. The first-order valence-corrected chi connectivity index (χ1v) is 10.8. The van der Waals surface area contributed by atoms with Crippen molar-refractivity contribution in [2.75, 3.05) is 23.9 Å². The largest absolute Gasteiger partial charge is 0.497 e. The van der Waals surface area contributed by atoms with Crippen molar-refractivity contribution in [3.63, 3.8) is 0 Å². The van der Waals surface area contributed by atoms with Gasteiger partial charge in [0.1, 0.15) is 5.75 Å². The van der Waals surface area contributed by atoms with Crippen molar-refractivity contribution in [3.8, 4) is 17.0 Å². The highest BCUT2D eigenvalue weighted by molar-refractivity contribution is 7.15. The topological polar surface area (TPSA) is 75.9 Å². The van der Waals surface area contributed by atoms with Crippen LogP contribution in [0.25, 0.3) is 16.2 Å². The molecule has 2 aromatic carbocycles. The van der Waals surface area contributed by atoms with Gasteiger partial charge in [-0.25, -0.2) is 4.98 Å². The van der Waals surface area contributed by atoms with Gasteiger partial charge >= 0.3 is 0 Å². The number of imidazole rings is 1. The van der Waals surface area contributed by atoms with E-state index in [1.54, 1.807) is 23.3 Å². The molecule has 1 unspecified atom stereocenters. The first-order valence-electron chi connectivity index (χ1n) is 9.88. The number of aromatic nitrogens is 2. The van der Waals surface area contributed by atoms with E-state index in [0.29, 0.717) is 12.2 Å². The van der Waals surface area contributed by atoms with Crippen molar-refractivity contribution in [3.05, 3.63) is 66.3 Å². The van der Waals surface area contributed by atoms with Crippen molar-refractivity contribution < 1.29 is 14.3 Å². The van der Waals surface area contributed by atoms with Crippen LogP contribution in [0.3, 0.4) is 0 Å². The third-order valence-corrected chi connectivity index (χ3v) is 6.17. The number of hydrogen-bond acceptors (Lipinski definition) is 5. The molecule has 1 fully saturated rings. The lowest BCUT2D eigenvalue weighted by atomic mass is 10.1. The SMILES string of the molecule is COc1ccc(N2CC(C(=O)Nc3cccc(-c4cn5ccsc5n4)c3)CC2=O)cc1. The summed E-state index contributed by atoms with van der Waals surface area (Å²) in [5.41, 5.74) is 3.23. The van der Waals surface area contributed by atoms with Crippen molar-refractivity contribution in [1.29, 1.82) is 0 Å². The van der Waals surface area contributed by atoms with Crippen LogP contribution in [0.1, 0.15) is 6.42 Å². The number of nitrogens with zero attached hydrogens (tertiary/aromatic N) is 3. The second-order valence-corrected chi connectivity index (χ2v) is 8.27. The number of carbonyl (C=O) groups excluding carboxylic acids is 2. The van der Waals surface area contributed by atoms with E-state index in [1.807, 2.05) is 70.7 Å². The summed E-state index contributed by atoms with van der Waals surface area (Å²) in [4.78, 5) is 32.5. The van der Waals surface area contributed by atoms with Gasteiger partial charge in [-0.1, -0.05) is 12.1 Å². The number of methoxy groups -OCH3 is 1. The number of fused-ring (bicyclic) bond motifs is 1. The predicted octanol–water partition coefficient (Wildman–Crippen LogP) is 4.06. The molecule has 4 aromatic rings. The van der Waals surface area contributed by atoms with Crippen LogP contribution < -0.4 is 15.0 Å². The summed E-state index contributed by atoms with van der Waals surface area (Å²) < 4.78 is 7.14. The summed E-state index contributed by atoms with van der Waals surface area (Å²) in [6.07, 6.45) is 4.12. The highest BCUT2D eigenvalue weighted by Crippen LogP contribution is 2.28. The standard InChI is InChI=1S/C23H20N4O3S/c1-30-19-7-5-18(6-8-19)27-13-16(12-21(27)28)22(29)24-17-4-2-3-15(11-17)20-14-26-9-10-31-23(26)25-20/h2-11,14,16H,12-13H2,1H3,(H,24,29). The Morgan fingerprint density at radius 1 is 1.23 bits per heavy atom. The summed E-state index contributed by atoms with van der Waals surface area (Å²) in [5, 5.41) is 4.95. The Morgan fingerprint density at radius 2 is 2.06 bits per heavy atom. The molecule has 7 nitrogen and oxygen atoms in total. The Morgan fingerprint density at radius 3 is 2.84 bits per heavy atom. The Kier molecular flexibility index (Phi) is 4.91. The molecule has 1 aliphatic heterocycles. The molecular formula is C23H20N4O3S. The molecule has 156 valence electrons. The normalized spacial score (nSPS) is 16.1. The second-order valence-electron chi connectivity index (χ2n) is 7.39. The van der Waals surface area contributed by atoms with Crippen molar-refractivity contribution in [2.45, 2.75) is 6.42 Å². The lowest BCUT2D eigenvalue weighted by molar-refractivity contribution is -0.122. The molecule has 31 heavy (non-hydrogen) atoms. The molecule has 3 heterocycles. The fourth-order valence-corrected chi connectivity index (χ4v) is 4.46. The Labute approximate surface area is 182 Å². The molecular weight excluding hydrogens is 412 g/mol. The zero-order valence-corrected chi connectivity index (χ0v) is 17.6. The van der Waals surface area contributed by atoms with E-state index >= 15 is 0 Å². The number of thiazole rings is 1. The molecule has 0 spiro atoms. The Hall–Kier alpha value is -3.65. The zero-order chi connectivity index (χ0) is 21.4. The van der Waals surface area contributed by atoms with E-state index < -0.39 is 5.92 Å². The van der Waals surface area contributed by atoms with Crippen LogP contribution in [0, 0.1) is 5.92 Å². The molecule has 0 aliphatic carbocycles. The van der Waals surface area contributed by atoms with E-state index in [1.165, 1.54) is 0 Å². The lowest BCUT2D eigenvalue weighted by Crippen LogP contribution is -2.28. The molecule has 0 bridgehead atoms. The summed E-state index contributed by atoms with van der Waals surface area (Å²) in [6, 6.07) is 14.9. The minimum absolute atomic E-state index is 0.0582. The van der Waals surface area contributed by atoms with Crippen molar-refractivity contribution >= 4 is 39.5 Å². The van der Waals surface area contributed by atoms with E-state index in [-0.39, 0.29) is 18.2 Å². The van der Waals surface area contributed by atoms with Crippen LogP contribution in [-0.2, 0) is 9.59 Å². The number of benzene rings is 2. The van der Waals surface area contributed by atoms with Gasteiger partial charge < -0.3 is 15.0 Å². The highest BCUT2D eigenvalue weighted by atomic mass is 32.1. The molecule has 1 N–H and O–H groups in total. The van der Waals surface area contributed by atoms with Gasteiger partial charge in [-0.2, -0.15) is 0 Å². The van der Waals surface area contributed by atoms with E-state index in [0.717, 1.165) is 27.7 Å². The molecule has 8 heteroatoms. The first kappa shape index (κ1) is 19.3.